The summed E-state index contributed by atoms with van der Waals surface area (Å²) in [6, 6.07) is 21.7. The van der Waals surface area contributed by atoms with Crippen LogP contribution in [0.3, 0.4) is 0 Å². The van der Waals surface area contributed by atoms with E-state index in [1.165, 1.54) is 0 Å². The van der Waals surface area contributed by atoms with Crippen LogP contribution in [0.1, 0.15) is 41.6 Å². The number of aromatic amines is 1. The molecule has 0 aliphatic rings. The molecule has 1 unspecified atom stereocenters. The highest BCUT2D eigenvalue weighted by Gasteiger charge is 2.10. The molecule has 6 heteroatoms. The van der Waals surface area contributed by atoms with Crippen molar-refractivity contribution in [3.05, 3.63) is 107 Å². The molecular weight excluding hydrogens is 438 g/mol. The molecule has 0 fully saturated rings. The van der Waals surface area contributed by atoms with Gasteiger partial charge in [-0.2, -0.15) is 0 Å². The highest BCUT2D eigenvalue weighted by molar-refractivity contribution is 6.06. The number of hydrogen-bond acceptors (Lipinski definition) is 3. The van der Waals surface area contributed by atoms with Gasteiger partial charge in [0.2, 0.25) is 0 Å². The number of aryl methyl sites for hydroxylation is 2. The second-order valence-corrected chi connectivity index (χ2v) is 8.65. The second-order valence-electron chi connectivity index (χ2n) is 8.65. The number of quaternary nitrogens is 1. The molecule has 0 radical (unpaired) electrons. The maximum Gasteiger partial charge on any atom is 0.303 e. The van der Waals surface area contributed by atoms with Crippen LogP contribution in [0.25, 0.3) is 10.9 Å². The summed E-state index contributed by atoms with van der Waals surface area (Å²) in [6.45, 7) is 4.13. The van der Waals surface area contributed by atoms with E-state index in [4.69, 9.17) is 15.3 Å². The Hall–Kier alpha value is -4.16. The molecule has 0 saturated carbocycles. The highest BCUT2D eigenvalue weighted by Crippen LogP contribution is 2.30. The lowest BCUT2D eigenvalue weighted by Gasteiger charge is -2.11. The zero-order valence-electron chi connectivity index (χ0n) is 19.9. The number of nitrogens with one attached hydrogen (secondary N) is 2. The lowest BCUT2D eigenvalue weighted by Crippen LogP contribution is -2.78. The van der Waals surface area contributed by atoms with Crippen LogP contribution in [0, 0.1) is 12.3 Å². The molecule has 1 atom stereocenters. The first-order chi connectivity index (χ1) is 16.9. The van der Waals surface area contributed by atoms with Crippen molar-refractivity contribution in [1.29, 1.82) is 5.41 Å². The standard InChI is InChI=1S/C29H29N3O3/c1-19-25-13-15-32-27(25)10-11-28(19)35-24-8-4-7-23(18-24)26(30)14-16-31-20(2)22-6-3-5-21(17-22)9-12-29(33)34/h3-8,10-11,13-18,20,30-32H,9,12H2,1-2H3,(H,33,34)/p+1/b16-14-,30-26?. The maximum atomic E-state index is 10.8. The van der Waals surface area contributed by atoms with Crippen LogP contribution < -0.4 is 10.1 Å². The Bertz CT molecular complexity index is 1390. The molecule has 0 aliphatic heterocycles. The molecular formula is C29H30N3O3+. The number of rotatable bonds is 10. The molecule has 4 rings (SSSR count). The number of nitrogens with two attached hydrogens (primary N) is 1. The van der Waals surface area contributed by atoms with Gasteiger partial charge in [0.25, 0.3) is 0 Å². The number of ether oxygens (including phenoxy) is 1. The summed E-state index contributed by atoms with van der Waals surface area (Å²) in [5.41, 5.74) is 5.45. The minimum absolute atomic E-state index is 0.127. The van der Waals surface area contributed by atoms with Crippen molar-refractivity contribution < 1.29 is 20.0 Å². The van der Waals surface area contributed by atoms with E-state index in [0.29, 0.717) is 17.9 Å². The lowest BCUT2D eigenvalue weighted by atomic mass is 10.0. The number of aromatic nitrogens is 1. The zero-order chi connectivity index (χ0) is 24.8. The first kappa shape index (κ1) is 24.0. The first-order valence-electron chi connectivity index (χ1n) is 11.7. The van der Waals surface area contributed by atoms with Gasteiger partial charge in [-0.1, -0.05) is 30.3 Å². The summed E-state index contributed by atoms with van der Waals surface area (Å²) < 4.78 is 6.14. The van der Waals surface area contributed by atoms with E-state index in [9.17, 15) is 4.79 Å². The average Bonchev–Trinajstić information content (AvgIpc) is 3.34. The summed E-state index contributed by atoms with van der Waals surface area (Å²) >= 11 is 0. The number of carbonyl (C=O) groups is 1. The predicted octanol–water partition coefficient (Wildman–Crippen LogP) is 5.49. The van der Waals surface area contributed by atoms with E-state index in [1.807, 2.05) is 85.3 Å². The molecule has 35 heavy (non-hydrogen) atoms. The van der Waals surface area contributed by atoms with E-state index < -0.39 is 5.97 Å². The molecule has 1 aromatic heterocycles. The number of carboxylic acids is 1. The van der Waals surface area contributed by atoms with Gasteiger partial charge in [0.05, 0.1) is 11.9 Å². The van der Waals surface area contributed by atoms with Gasteiger partial charge >= 0.3 is 5.97 Å². The molecule has 0 amide bonds. The molecule has 3 aromatic carbocycles. The van der Waals surface area contributed by atoms with Gasteiger partial charge in [-0.3, -0.25) is 4.79 Å². The quantitative estimate of drug-likeness (QED) is 0.231. The Morgan fingerprint density at radius 1 is 1.14 bits per heavy atom. The molecule has 0 saturated heterocycles. The highest BCUT2D eigenvalue weighted by atomic mass is 16.5. The molecule has 4 aromatic rings. The first-order valence-corrected chi connectivity index (χ1v) is 11.7. The predicted molar refractivity (Wildman–Crippen MR) is 138 cm³/mol. The SMILES string of the molecule is Cc1c(Oc2cccc(C(=N)/C=C\[NH2+]C(C)c3cccc(CCC(=O)O)c3)c2)ccc2[nH]ccc12. The van der Waals surface area contributed by atoms with Gasteiger partial charge in [-0.15, -0.1) is 0 Å². The van der Waals surface area contributed by atoms with Gasteiger partial charge < -0.3 is 25.6 Å². The van der Waals surface area contributed by atoms with Crippen molar-refractivity contribution in [3.8, 4) is 11.5 Å². The summed E-state index contributed by atoms with van der Waals surface area (Å²) in [5.74, 6) is 0.695. The van der Waals surface area contributed by atoms with Crippen LogP contribution in [0.5, 0.6) is 11.5 Å². The second kappa shape index (κ2) is 10.8. The Kier molecular flexibility index (Phi) is 7.43. The topological polar surface area (TPSA) is 103 Å². The third-order valence-electron chi connectivity index (χ3n) is 6.09. The zero-order valence-corrected chi connectivity index (χ0v) is 19.9. The minimum atomic E-state index is -0.789. The largest absolute Gasteiger partial charge is 0.481 e. The van der Waals surface area contributed by atoms with Gasteiger partial charge in [0.15, 0.2) is 0 Å². The third-order valence-corrected chi connectivity index (χ3v) is 6.09. The van der Waals surface area contributed by atoms with Crippen LogP contribution in [0.15, 0.2) is 85.2 Å². The number of H-pyrrole nitrogens is 1. The number of hydrogen-bond donors (Lipinski definition) is 4. The van der Waals surface area contributed by atoms with Crippen molar-refractivity contribution in [2.75, 3.05) is 0 Å². The summed E-state index contributed by atoms with van der Waals surface area (Å²) in [7, 11) is 0. The summed E-state index contributed by atoms with van der Waals surface area (Å²) in [6.07, 6.45) is 6.24. The minimum Gasteiger partial charge on any atom is -0.481 e. The number of benzene rings is 3. The fourth-order valence-electron chi connectivity index (χ4n) is 4.04. The third kappa shape index (κ3) is 6.05. The molecule has 1 heterocycles. The van der Waals surface area contributed by atoms with E-state index >= 15 is 0 Å². The Balaban J connectivity index is 1.39. The molecule has 0 aliphatic carbocycles. The fourth-order valence-corrected chi connectivity index (χ4v) is 4.04. The van der Waals surface area contributed by atoms with Crippen LogP contribution in [-0.2, 0) is 11.2 Å². The van der Waals surface area contributed by atoms with Crippen molar-refractivity contribution in [2.45, 2.75) is 32.7 Å². The van der Waals surface area contributed by atoms with Gasteiger partial charge in [-0.05, 0) is 62.2 Å². The maximum absolute atomic E-state index is 10.8. The van der Waals surface area contributed by atoms with E-state index in [-0.39, 0.29) is 12.5 Å². The number of fused-ring (bicyclic) bond motifs is 1. The van der Waals surface area contributed by atoms with Crippen molar-refractivity contribution >= 4 is 22.6 Å². The fraction of sp³-hybridized carbons (Fsp3) is 0.172. The van der Waals surface area contributed by atoms with Crippen molar-refractivity contribution in [3.63, 3.8) is 0 Å². The van der Waals surface area contributed by atoms with E-state index in [1.54, 1.807) is 6.08 Å². The normalized spacial score (nSPS) is 12.2. The molecule has 0 spiro atoms. The average molecular weight is 469 g/mol. The molecule has 5 N–H and O–H groups in total. The Morgan fingerprint density at radius 2 is 1.97 bits per heavy atom. The number of carboxylic acid groups (broad SMARTS) is 1. The van der Waals surface area contributed by atoms with Crippen molar-refractivity contribution in [1.82, 2.24) is 4.98 Å². The molecule has 0 bridgehead atoms. The smallest absolute Gasteiger partial charge is 0.303 e. The van der Waals surface area contributed by atoms with Crippen molar-refractivity contribution in [2.24, 2.45) is 0 Å². The summed E-state index contributed by atoms with van der Waals surface area (Å²) in [5, 5.41) is 20.6. The van der Waals surface area contributed by atoms with E-state index in [0.717, 1.165) is 38.9 Å². The summed E-state index contributed by atoms with van der Waals surface area (Å²) in [4.78, 5) is 14.0. The molecule has 6 nitrogen and oxygen atoms in total. The van der Waals surface area contributed by atoms with Crippen LogP contribution in [0.4, 0.5) is 0 Å². The van der Waals surface area contributed by atoms with Crippen LogP contribution in [-0.4, -0.2) is 21.8 Å². The number of allylic oxidation sites excluding steroid dienone is 1. The van der Waals surface area contributed by atoms with Crippen LogP contribution in [0.2, 0.25) is 0 Å². The monoisotopic (exact) mass is 468 g/mol. The van der Waals surface area contributed by atoms with Gasteiger partial charge in [0.1, 0.15) is 17.5 Å². The Morgan fingerprint density at radius 3 is 2.80 bits per heavy atom. The van der Waals surface area contributed by atoms with Crippen LogP contribution >= 0.6 is 0 Å². The molecule has 178 valence electrons. The number of aliphatic carboxylic acids is 1. The van der Waals surface area contributed by atoms with Gasteiger partial charge in [0, 0.05) is 46.3 Å². The lowest BCUT2D eigenvalue weighted by molar-refractivity contribution is -0.629. The van der Waals surface area contributed by atoms with E-state index in [2.05, 4.69) is 18.0 Å². The Labute approximate surface area is 204 Å². The van der Waals surface area contributed by atoms with Gasteiger partial charge in [-0.25, -0.2) is 0 Å².